The van der Waals surface area contributed by atoms with Gasteiger partial charge in [-0.05, 0) is 37.3 Å². The number of hydrogen-bond donors (Lipinski definition) is 1. The van der Waals surface area contributed by atoms with Crippen LogP contribution in [0.5, 0.6) is 0 Å². The maximum Gasteiger partial charge on any atom is 0.416 e. The molecule has 2 aromatic heterocycles. The van der Waals surface area contributed by atoms with Crippen molar-refractivity contribution in [1.82, 2.24) is 15.1 Å². The number of nitrogens with zero attached hydrogens (tertiary/aromatic N) is 2. The van der Waals surface area contributed by atoms with E-state index in [9.17, 15) is 22.8 Å². The summed E-state index contributed by atoms with van der Waals surface area (Å²) in [7, 11) is 0. The molecule has 0 saturated carbocycles. The van der Waals surface area contributed by atoms with E-state index < -0.39 is 28.8 Å². The van der Waals surface area contributed by atoms with E-state index in [1.807, 2.05) is 0 Å². The van der Waals surface area contributed by atoms with Crippen molar-refractivity contribution < 1.29 is 22.4 Å². The van der Waals surface area contributed by atoms with E-state index in [0.29, 0.717) is 11.5 Å². The Morgan fingerprint density at radius 3 is 2.67 bits per heavy atom. The van der Waals surface area contributed by atoms with Crippen molar-refractivity contribution in [3.63, 3.8) is 0 Å². The van der Waals surface area contributed by atoms with Crippen LogP contribution in [0.2, 0.25) is 0 Å². The minimum atomic E-state index is -4.52. The quantitative estimate of drug-likeness (QED) is 0.758. The average Bonchev–Trinajstić information content (AvgIpc) is 3.13. The van der Waals surface area contributed by atoms with Crippen molar-refractivity contribution in [3.8, 4) is 5.69 Å². The maximum absolute atomic E-state index is 12.9. The standard InChI is InChI=1S/C18H14F3N3O3/c1-11-8-15(25)16(17(26)22-10-14-6-3-7-27-14)23-24(11)13-5-2-4-12(9-13)18(19,20)21/h2-9H,10H2,1H3,(H,22,26). The molecule has 6 nitrogen and oxygen atoms in total. The first-order valence-corrected chi connectivity index (χ1v) is 7.85. The van der Waals surface area contributed by atoms with Crippen LogP contribution in [0.25, 0.3) is 5.69 Å². The highest BCUT2D eigenvalue weighted by Crippen LogP contribution is 2.30. The number of hydrogen-bond acceptors (Lipinski definition) is 4. The van der Waals surface area contributed by atoms with Gasteiger partial charge in [-0.3, -0.25) is 9.59 Å². The van der Waals surface area contributed by atoms with Crippen LogP contribution in [0.3, 0.4) is 0 Å². The fourth-order valence-corrected chi connectivity index (χ4v) is 2.44. The minimum Gasteiger partial charge on any atom is -0.467 e. The second-order valence-electron chi connectivity index (χ2n) is 5.72. The molecule has 1 N–H and O–H groups in total. The molecule has 0 atom stereocenters. The highest BCUT2D eigenvalue weighted by Gasteiger charge is 2.30. The number of benzene rings is 1. The van der Waals surface area contributed by atoms with Crippen molar-refractivity contribution in [3.05, 3.63) is 81.7 Å². The normalized spacial score (nSPS) is 11.4. The lowest BCUT2D eigenvalue weighted by Crippen LogP contribution is -2.31. The first kappa shape index (κ1) is 18.4. The molecular weight excluding hydrogens is 363 g/mol. The van der Waals surface area contributed by atoms with Crippen molar-refractivity contribution in [2.75, 3.05) is 0 Å². The molecule has 1 aromatic carbocycles. The van der Waals surface area contributed by atoms with Gasteiger partial charge in [0.2, 0.25) is 5.43 Å². The number of aromatic nitrogens is 2. The van der Waals surface area contributed by atoms with Crippen LogP contribution in [-0.4, -0.2) is 15.7 Å². The number of aryl methyl sites for hydroxylation is 1. The number of alkyl halides is 3. The van der Waals surface area contributed by atoms with Crippen molar-refractivity contribution in [1.29, 1.82) is 0 Å². The molecular formula is C18H14F3N3O3. The molecule has 0 aliphatic rings. The second-order valence-corrected chi connectivity index (χ2v) is 5.72. The maximum atomic E-state index is 12.9. The highest BCUT2D eigenvalue weighted by molar-refractivity contribution is 5.91. The first-order valence-electron chi connectivity index (χ1n) is 7.85. The predicted octanol–water partition coefficient (Wildman–Crippen LogP) is 3.08. The third-order valence-electron chi connectivity index (χ3n) is 3.74. The van der Waals surface area contributed by atoms with Crippen LogP contribution in [0, 0.1) is 6.92 Å². The molecule has 0 fully saturated rings. The Kier molecular flexibility index (Phi) is 4.85. The zero-order valence-corrected chi connectivity index (χ0v) is 14.1. The van der Waals surface area contributed by atoms with Gasteiger partial charge in [0.15, 0.2) is 5.69 Å². The van der Waals surface area contributed by atoms with Gasteiger partial charge in [-0.2, -0.15) is 18.3 Å². The lowest BCUT2D eigenvalue weighted by Gasteiger charge is -2.13. The Labute approximate surface area is 151 Å². The van der Waals surface area contributed by atoms with Gasteiger partial charge in [0.25, 0.3) is 5.91 Å². The van der Waals surface area contributed by atoms with E-state index in [-0.39, 0.29) is 12.2 Å². The fraction of sp³-hybridized carbons (Fsp3) is 0.167. The summed E-state index contributed by atoms with van der Waals surface area (Å²) in [6.07, 6.45) is -3.08. The Bertz CT molecular complexity index is 1020. The fourth-order valence-electron chi connectivity index (χ4n) is 2.44. The molecule has 1 amide bonds. The number of halogens is 3. The Morgan fingerprint density at radius 1 is 1.22 bits per heavy atom. The van der Waals surface area contributed by atoms with Gasteiger partial charge in [-0.1, -0.05) is 6.07 Å². The molecule has 2 heterocycles. The number of furan rings is 1. The van der Waals surface area contributed by atoms with Crippen LogP contribution in [-0.2, 0) is 12.7 Å². The lowest BCUT2D eigenvalue weighted by molar-refractivity contribution is -0.137. The topological polar surface area (TPSA) is 77.1 Å². The number of carbonyl (C=O) groups excluding carboxylic acids is 1. The molecule has 0 radical (unpaired) electrons. The Balaban J connectivity index is 1.95. The van der Waals surface area contributed by atoms with Crippen LogP contribution < -0.4 is 10.7 Å². The second kappa shape index (κ2) is 7.10. The van der Waals surface area contributed by atoms with E-state index in [1.165, 1.54) is 25.3 Å². The predicted molar refractivity (Wildman–Crippen MR) is 89.5 cm³/mol. The first-order chi connectivity index (χ1) is 12.8. The van der Waals surface area contributed by atoms with Gasteiger partial charge < -0.3 is 9.73 Å². The molecule has 3 aromatic rings. The summed E-state index contributed by atoms with van der Waals surface area (Å²) in [5, 5.41) is 6.45. The largest absolute Gasteiger partial charge is 0.467 e. The van der Waals surface area contributed by atoms with Gasteiger partial charge in [-0.25, -0.2) is 4.68 Å². The summed E-state index contributed by atoms with van der Waals surface area (Å²) in [6, 6.07) is 8.90. The number of rotatable bonds is 4. The van der Waals surface area contributed by atoms with E-state index in [4.69, 9.17) is 4.42 Å². The third-order valence-corrected chi connectivity index (χ3v) is 3.74. The lowest BCUT2D eigenvalue weighted by atomic mass is 10.2. The molecule has 3 rings (SSSR count). The van der Waals surface area contributed by atoms with Gasteiger partial charge >= 0.3 is 6.18 Å². The smallest absolute Gasteiger partial charge is 0.416 e. The summed E-state index contributed by atoms with van der Waals surface area (Å²) >= 11 is 0. The SMILES string of the molecule is Cc1cc(=O)c(C(=O)NCc2ccco2)nn1-c1cccc(C(F)(F)F)c1. The number of carbonyl (C=O) groups is 1. The molecule has 0 aliphatic heterocycles. The molecule has 0 saturated heterocycles. The van der Waals surface area contributed by atoms with E-state index in [2.05, 4.69) is 10.4 Å². The van der Waals surface area contributed by atoms with Gasteiger partial charge in [0.05, 0.1) is 24.1 Å². The third kappa shape index (κ3) is 4.08. The summed E-state index contributed by atoms with van der Waals surface area (Å²) < 4.78 is 45.0. The number of amides is 1. The van der Waals surface area contributed by atoms with E-state index in [0.717, 1.165) is 22.9 Å². The van der Waals surface area contributed by atoms with Crippen molar-refractivity contribution in [2.24, 2.45) is 0 Å². The highest BCUT2D eigenvalue weighted by atomic mass is 19.4. The average molecular weight is 377 g/mol. The van der Waals surface area contributed by atoms with E-state index >= 15 is 0 Å². The van der Waals surface area contributed by atoms with Gasteiger partial charge in [-0.15, -0.1) is 0 Å². The molecule has 9 heteroatoms. The zero-order chi connectivity index (χ0) is 19.6. The summed E-state index contributed by atoms with van der Waals surface area (Å²) in [5.41, 5.74) is -1.54. The van der Waals surface area contributed by atoms with Crippen molar-refractivity contribution in [2.45, 2.75) is 19.6 Å². The zero-order valence-electron chi connectivity index (χ0n) is 14.1. The summed E-state index contributed by atoms with van der Waals surface area (Å²) in [6.45, 7) is 1.56. The van der Waals surface area contributed by atoms with Gasteiger partial charge in [0.1, 0.15) is 5.76 Å². The van der Waals surface area contributed by atoms with Crippen LogP contribution in [0.1, 0.15) is 27.5 Å². The molecule has 0 spiro atoms. The molecule has 0 aliphatic carbocycles. The summed E-state index contributed by atoms with van der Waals surface area (Å²) in [4.78, 5) is 24.4. The van der Waals surface area contributed by atoms with Crippen LogP contribution in [0.4, 0.5) is 13.2 Å². The Morgan fingerprint density at radius 2 is 2.00 bits per heavy atom. The summed E-state index contributed by atoms with van der Waals surface area (Å²) in [5.74, 6) is -0.272. The van der Waals surface area contributed by atoms with Crippen LogP contribution in [0.15, 0.2) is 57.9 Å². The van der Waals surface area contributed by atoms with E-state index in [1.54, 1.807) is 12.1 Å². The minimum absolute atomic E-state index is 0.0460. The van der Waals surface area contributed by atoms with Crippen molar-refractivity contribution >= 4 is 5.91 Å². The molecule has 140 valence electrons. The van der Waals surface area contributed by atoms with Crippen LogP contribution >= 0.6 is 0 Å². The molecule has 0 bridgehead atoms. The Hall–Kier alpha value is -3.36. The number of nitrogens with one attached hydrogen (secondary N) is 1. The molecule has 0 unspecified atom stereocenters. The monoisotopic (exact) mass is 377 g/mol. The van der Waals surface area contributed by atoms with Gasteiger partial charge in [0, 0.05) is 11.8 Å². The molecule has 27 heavy (non-hydrogen) atoms.